The van der Waals surface area contributed by atoms with Crippen LogP contribution in [0.25, 0.3) is 0 Å². The van der Waals surface area contributed by atoms with E-state index < -0.39 is 35.3 Å². The largest absolute Gasteiger partial charge is 0.497 e. The number of hydrogen-bond donors (Lipinski definition) is 3. The summed E-state index contributed by atoms with van der Waals surface area (Å²) in [5, 5.41) is 5.37. The highest BCUT2D eigenvalue weighted by atomic mass is 16.5. The standard InChI is InChI=1S/C23H26N4O5/c1-14(20(29)25-17-8-6-16(7-9-17)19(24)28)27-21(30)23(2,26-22(27)31)13-12-15-4-10-18(32-3)11-5-15/h4-11,14H,12-13H2,1-3H3,(H2,24,28)(H,25,29)(H,26,31)/t14-,23-/m0/s1. The summed E-state index contributed by atoms with van der Waals surface area (Å²) in [6, 6.07) is 11.8. The Morgan fingerprint density at radius 2 is 1.75 bits per heavy atom. The Kier molecular flexibility index (Phi) is 6.47. The van der Waals surface area contributed by atoms with Crippen LogP contribution in [0.4, 0.5) is 10.5 Å². The second kappa shape index (κ2) is 9.09. The Hall–Kier alpha value is -3.88. The highest BCUT2D eigenvalue weighted by molar-refractivity contribution is 6.11. The third kappa shape index (κ3) is 4.72. The molecule has 4 N–H and O–H groups in total. The Labute approximate surface area is 185 Å². The van der Waals surface area contributed by atoms with Gasteiger partial charge in [0.15, 0.2) is 0 Å². The van der Waals surface area contributed by atoms with Crippen LogP contribution >= 0.6 is 0 Å². The summed E-state index contributed by atoms with van der Waals surface area (Å²) in [6.07, 6.45) is 0.941. The van der Waals surface area contributed by atoms with E-state index in [0.717, 1.165) is 16.2 Å². The van der Waals surface area contributed by atoms with E-state index in [9.17, 15) is 19.2 Å². The van der Waals surface area contributed by atoms with Gasteiger partial charge >= 0.3 is 6.03 Å². The Morgan fingerprint density at radius 1 is 1.12 bits per heavy atom. The zero-order valence-electron chi connectivity index (χ0n) is 18.2. The van der Waals surface area contributed by atoms with Gasteiger partial charge < -0.3 is 21.1 Å². The maximum atomic E-state index is 13.1. The predicted octanol–water partition coefficient (Wildman–Crippen LogP) is 2.06. The molecule has 1 heterocycles. The SMILES string of the molecule is COc1ccc(CC[C@]2(C)NC(=O)N([C@@H](C)C(=O)Nc3ccc(C(N)=O)cc3)C2=O)cc1. The molecule has 0 aliphatic carbocycles. The van der Waals surface area contributed by atoms with Gasteiger partial charge in [-0.1, -0.05) is 12.1 Å². The average molecular weight is 438 g/mol. The number of imide groups is 1. The Bertz CT molecular complexity index is 1040. The average Bonchev–Trinajstić information content (AvgIpc) is 3.00. The van der Waals surface area contributed by atoms with E-state index in [2.05, 4.69) is 10.6 Å². The molecule has 0 aromatic heterocycles. The van der Waals surface area contributed by atoms with Gasteiger partial charge in [0.1, 0.15) is 17.3 Å². The monoisotopic (exact) mass is 438 g/mol. The molecule has 3 rings (SSSR count). The van der Waals surface area contributed by atoms with Crippen molar-refractivity contribution < 1.29 is 23.9 Å². The number of nitrogens with one attached hydrogen (secondary N) is 2. The van der Waals surface area contributed by atoms with E-state index in [4.69, 9.17) is 10.5 Å². The van der Waals surface area contributed by atoms with Crippen LogP contribution in [0.2, 0.25) is 0 Å². The number of carbonyl (C=O) groups is 4. The number of primary amides is 1. The van der Waals surface area contributed by atoms with Crippen molar-refractivity contribution in [2.24, 2.45) is 5.73 Å². The van der Waals surface area contributed by atoms with Crippen LogP contribution in [0.3, 0.4) is 0 Å². The topological polar surface area (TPSA) is 131 Å². The summed E-state index contributed by atoms with van der Waals surface area (Å²) in [4.78, 5) is 50.4. The lowest BCUT2D eigenvalue weighted by molar-refractivity contribution is -0.136. The fourth-order valence-electron chi connectivity index (χ4n) is 3.50. The maximum Gasteiger partial charge on any atom is 0.325 e. The van der Waals surface area contributed by atoms with Crippen molar-refractivity contribution >= 4 is 29.4 Å². The summed E-state index contributed by atoms with van der Waals surface area (Å²) in [6.45, 7) is 3.14. The lowest BCUT2D eigenvalue weighted by atomic mass is 9.93. The van der Waals surface area contributed by atoms with Gasteiger partial charge in [-0.15, -0.1) is 0 Å². The molecule has 0 unspecified atom stereocenters. The molecule has 0 spiro atoms. The zero-order chi connectivity index (χ0) is 23.5. The van der Waals surface area contributed by atoms with Crippen molar-refractivity contribution in [1.82, 2.24) is 10.2 Å². The molecule has 1 aliphatic rings. The van der Waals surface area contributed by atoms with Crippen molar-refractivity contribution in [2.45, 2.75) is 38.3 Å². The van der Waals surface area contributed by atoms with E-state index in [1.54, 1.807) is 14.0 Å². The highest BCUT2D eigenvalue weighted by Crippen LogP contribution is 2.26. The normalized spacial score (nSPS) is 18.8. The van der Waals surface area contributed by atoms with E-state index in [1.807, 2.05) is 24.3 Å². The molecule has 9 heteroatoms. The van der Waals surface area contributed by atoms with Gasteiger partial charge in [0.05, 0.1) is 7.11 Å². The maximum absolute atomic E-state index is 13.1. The van der Waals surface area contributed by atoms with Gasteiger partial charge in [-0.2, -0.15) is 0 Å². The van der Waals surface area contributed by atoms with E-state index in [1.165, 1.54) is 31.2 Å². The minimum Gasteiger partial charge on any atom is -0.497 e. The van der Waals surface area contributed by atoms with Gasteiger partial charge in [0, 0.05) is 11.3 Å². The molecule has 32 heavy (non-hydrogen) atoms. The molecule has 0 saturated carbocycles. The first-order chi connectivity index (χ1) is 15.1. The molecule has 0 bridgehead atoms. The Balaban J connectivity index is 1.65. The second-order valence-electron chi connectivity index (χ2n) is 7.89. The molecule has 5 amide bonds. The lowest BCUT2D eigenvalue weighted by Crippen LogP contribution is -2.48. The predicted molar refractivity (Wildman–Crippen MR) is 118 cm³/mol. The quantitative estimate of drug-likeness (QED) is 0.543. The molecule has 2 atom stereocenters. The number of anilines is 1. The summed E-state index contributed by atoms with van der Waals surface area (Å²) in [5.41, 5.74) is 5.81. The van der Waals surface area contributed by atoms with E-state index in [-0.39, 0.29) is 0 Å². The number of methoxy groups -OCH3 is 1. The zero-order valence-corrected chi connectivity index (χ0v) is 18.2. The number of nitrogens with two attached hydrogens (primary N) is 1. The number of hydrogen-bond acceptors (Lipinski definition) is 5. The van der Waals surface area contributed by atoms with Gasteiger partial charge in [-0.3, -0.25) is 14.4 Å². The van der Waals surface area contributed by atoms with Crippen molar-refractivity contribution in [2.75, 3.05) is 12.4 Å². The number of benzene rings is 2. The van der Waals surface area contributed by atoms with E-state index in [0.29, 0.717) is 24.1 Å². The van der Waals surface area contributed by atoms with Crippen molar-refractivity contribution in [3.8, 4) is 5.75 Å². The first-order valence-corrected chi connectivity index (χ1v) is 10.1. The van der Waals surface area contributed by atoms with Crippen molar-refractivity contribution in [3.05, 3.63) is 59.7 Å². The van der Waals surface area contributed by atoms with Crippen molar-refractivity contribution in [3.63, 3.8) is 0 Å². The van der Waals surface area contributed by atoms with Crippen LogP contribution in [0, 0.1) is 0 Å². The van der Waals surface area contributed by atoms with Gasteiger partial charge in [-0.25, -0.2) is 9.69 Å². The summed E-state index contributed by atoms with van der Waals surface area (Å²) in [5.74, 6) is -0.826. The number of aryl methyl sites for hydroxylation is 1. The molecule has 0 radical (unpaired) electrons. The van der Waals surface area contributed by atoms with Crippen molar-refractivity contribution in [1.29, 1.82) is 0 Å². The van der Waals surface area contributed by atoms with Gasteiger partial charge in [-0.05, 0) is 68.7 Å². The number of amides is 5. The van der Waals surface area contributed by atoms with E-state index >= 15 is 0 Å². The van der Waals surface area contributed by atoms with Crippen LogP contribution in [0.1, 0.15) is 36.2 Å². The molecule has 9 nitrogen and oxygen atoms in total. The molecule has 1 fully saturated rings. The summed E-state index contributed by atoms with van der Waals surface area (Å²) < 4.78 is 5.14. The third-order valence-electron chi connectivity index (χ3n) is 5.57. The number of nitrogens with zero attached hydrogens (tertiary/aromatic N) is 1. The summed E-state index contributed by atoms with van der Waals surface area (Å²) in [7, 11) is 1.59. The second-order valence-corrected chi connectivity index (χ2v) is 7.89. The van der Waals surface area contributed by atoms with Crippen LogP contribution < -0.4 is 21.1 Å². The van der Waals surface area contributed by atoms with Crippen LogP contribution in [-0.2, 0) is 16.0 Å². The summed E-state index contributed by atoms with van der Waals surface area (Å²) >= 11 is 0. The first kappa shape index (κ1) is 22.8. The van der Waals surface area contributed by atoms with Gasteiger partial charge in [0.25, 0.3) is 5.91 Å². The molecule has 1 aliphatic heterocycles. The molecule has 2 aromatic rings. The molecule has 2 aromatic carbocycles. The number of ether oxygens (including phenoxy) is 1. The minimum atomic E-state index is -1.12. The fraction of sp³-hybridized carbons (Fsp3) is 0.304. The van der Waals surface area contributed by atoms with Crippen LogP contribution in [-0.4, -0.2) is 47.3 Å². The molecular weight excluding hydrogens is 412 g/mol. The number of rotatable bonds is 8. The molecule has 1 saturated heterocycles. The highest BCUT2D eigenvalue weighted by Gasteiger charge is 2.50. The molecule has 168 valence electrons. The minimum absolute atomic E-state index is 0.303. The lowest BCUT2D eigenvalue weighted by Gasteiger charge is -2.24. The Morgan fingerprint density at radius 3 is 2.31 bits per heavy atom. The van der Waals surface area contributed by atoms with Crippen LogP contribution in [0.15, 0.2) is 48.5 Å². The van der Waals surface area contributed by atoms with Gasteiger partial charge in [0.2, 0.25) is 11.8 Å². The third-order valence-corrected chi connectivity index (χ3v) is 5.57. The smallest absolute Gasteiger partial charge is 0.325 e. The fourth-order valence-corrected chi connectivity index (χ4v) is 3.50. The first-order valence-electron chi connectivity index (χ1n) is 10.1. The number of urea groups is 1. The van der Waals surface area contributed by atoms with Crippen LogP contribution in [0.5, 0.6) is 5.75 Å². The number of carbonyl (C=O) groups excluding carboxylic acids is 4. The molecular formula is C23H26N4O5.